The fourth-order valence-electron chi connectivity index (χ4n) is 2.67. The van der Waals surface area contributed by atoms with Crippen LogP contribution in [0.25, 0.3) is 0 Å². The van der Waals surface area contributed by atoms with Crippen LogP contribution >= 0.6 is 0 Å². The Labute approximate surface area is 142 Å². The number of rotatable bonds is 5. The zero-order chi connectivity index (χ0) is 17.7. The fraction of sp³-hybridized carbons (Fsp3) is 0.250. The zero-order valence-corrected chi connectivity index (χ0v) is 14.1. The topological polar surface area (TPSA) is 66.8 Å². The first kappa shape index (κ1) is 17.6. The van der Waals surface area contributed by atoms with Crippen LogP contribution in [0.15, 0.2) is 60.2 Å². The highest BCUT2D eigenvalue weighted by Gasteiger charge is 2.35. The molecule has 0 radical (unpaired) electrons. The van der Waals surface area contributed by atoms with Gasteiger partial charge in [0.15, 0.2) is 0 Å². The number of aromatic hydroxyl groups is 2. The molecule has 0 aliphatic heterocycles. The van der Waals surface area contributed by atoms with Crippen LogP contribution in [0.5, 0.6) is 11.5 Å². The van der Waals surface area contributed by atoms with Crippen molar-refractivity contribution in [3.63, 3.8) is 0 Å². The summed E-state index contributed by atoms with van der Waals surface area (Å²) in [6.45, 7) is 5.44. The van der Waals surface area contributed by atoms with E-state index >= 15 is 0 Å². The van der Waals surface area contributed by atoms with Gasteiger partial charge < -0.3 is 14.9 Å². The maximum atomic E-state index is 11.9. The number of esters is 1. The number of phenols is 2. The van der Waals surface area contributed by atoms with Gasteiger partial charge in [-0.3, -0.25) is 0 Å². The predicted octanol–water partition coefficient (Wildman–Crippen LogP) is 3.91. The fourth-order valence-corrected chi connectivity index (χ4v) is 2.67. The second-order valence-electron chi connectivity index (χ2n) is 6.20. The molecule has 0 heterocycles. The Morgan fingerprint density at radius 1 is 1.00 bits per heavy atom. The van der Waals surface area contributed by atoms with Crippen molar-refractivity contribution in [1.82, 2.24) is 0 Å². The smallest absolute Gasteiger partial charge is 0.330 e. The molecule has 2 aromatic rings. The summed E-state index contributed by atoms with van der Waals surface area (Å²) in [6.07, 6.45) is 1.41. The first-order chi connectivity index (χ1) is 11.3. The SMILES string of the molecule is CC(C)=CC(=O)OCC(C)(c1ccccc1O)c1ccccc1O. The van der Waals surface area contributed by atoms with Crippen LogP contribution in [-0.2, 0) is 14.9 Å². The van der Waals surface area contributed by atoms with E-state index < -0.39 is 11.4 Å². The van der Waals surface area contributed by atoms with E-state index in [1.807, 2.05) is 20.8 Å². The molecule has 0 aliphatic rings. The predicted molar refractivity (Wildman–Crippen MR) is 93.1 cm³/mol. The Morgan fingerprint density at radius 3 is 1.88 bits per heavy atom. The van der Waals surface area contributed by atoms with Crippen LogP contribution in [0, 0.1) is 0 Å². The van der Waals surface area contributed by atoms with E-state index in [0.29, 0.717) is 11.1 Å². The molecule has 0 bridgehead atoms. The molecule has 126 valence electrons. The summed E-state index contributed by atoms with van der Waals surface area (Å²) in [7, 11) is 0. The van der Waals surface area contributed by atoms with Gasteiger partial charge in [-0.25, -0.2) is 4.79 Å². The first-order valence-electron chi connectivity index (χ1n) is 7.73. The molecule has 2 rings (SSSR count). The lowest BCUT2D eigenvalue weighted by atomic mass is 9.76. The van der Waals surface area contributed by atoms with Gasteiger partial charge in [-0.05, 0) is 32.9 Å². The molecule has 2 aromatic carbocycles. The minimum Gasteiger partial charge on any atom is -0.508 e. The molecule has 4 heteroatoms. The van der Waals surface area contributed by atoms with Crippen molar-refractivity contribution in [2.75, 3.05) is 6.61 Å². The molecule has 0 atom stereocenters. The van der Waals surface area contributed by atoms with Crippen molar-refractivity contribution in [2.24, 2.45) is 0 Å². The highest BCUT2D eigenvalue weighted by Crippen LogP contribution is 2.41. The Morgan fingerprint density at radius 2 is 1.46 bits per heavy atom. The van der Waals surface area contributed by atoms with E-state index in [-0.39, 0.29) is 18.1 Å². The maximum Gasteiger partial charge on any atom is 0.330 e. The van der Waals surface area contributed by atoms with Crippen LogP contribution in [0.3, 0.4) is 0 Å². The van der Waals surface area contributed by atoms with Gasteiger partial charge in [0.1, 0.15) is 18.1 Å². The van der Waals surface area contributed by atoms with E-state index in [1.165, 1.54) is 6.08 Å². The number of hydrogen-bond acceptors (Lipinski definition) is 4. The van der Waals surface area contributed by atoms with Crippen molar-refractivity contribution >= 4 is 5.97 Å². The third-order valence-electron chi connectivity index (χ3n) is 3.91. The van der Waals surface area contributed by atoms with Crippen molar-refractivity contribution in [1.29, 1.82) is 0 Å². The first-order valence-corrected chi connectivity index (χ1v) is 7.73. The van der Waals surface area contributed by atoms with Crippen LogP contribution < -0.4 is 0 Å². The van der Waals surface area contributed by atoms with Crippen LogP contribution in [0.4, 0.5) is 0 Å². The number of benzene rings is 2. The van der Waals surface area contributed by atoms with Gasteiger partial charge in [-0.15, -0.1) is 0 Å². The zero-order valence-electron chi connectivity index (χ0n) is 14.1. The van der Waals surface area contributed by atoms with Crippen LogP contribution in [-0.4, -0.2) is 22.8 Å². The molecule has 24 heavy (non-hydrogen) atoms. The number of carbonyl (C=O) groups excluding carboxylic acids is 1. The number of phenolic OH excluding ortho intramolecular Hbond substituents is 2. The van der Waals surface area contributed by atoms with Gasteiger partial charge in [-0.2, -0.15) is 0 Å². The summed E-state index contributed by atoms with van der Waals surface area (Å²) in [4.78, 5) is 11.9. The standard InChI is InChI=1S/C20H22O4/c1-14(2)12-19(23)24-13-20(3,15-8-4-6-10-17(15)21)16-9-5-7-11-18(16)22/h4-12,21-22H,13H2,1-3H3. The molecule has 0 aliphatic carbocycles. The summed E-state index contributed by atoms with van der Waals surface area (Å²) in [5, 5.41) is 20.5. The molecule has 0 spiro atoms. The molecule has 4 nitrogen and oxygen atoms in total. The normalized spacial score (nSPS) is 11.0. The highest BCUT2D eigenvalue weighted by atomic mass is 16.5. The van der Waals surface area contributed by atoms with E-state index in [0.717, 1.165) is 5.57 Å². The maximum absolute atomic E-state index is 11.9. The average Bonchev–Trinajstić information content (AvgIpc) is 2.53. The molecule has 0 saturated heterocycles. The minimum absolute atomic E-state index is 0.00917. The lowest BCUT2D eigenvalue weighted by Crippen LogP contribution is -2.31. The summed E-state index contributed by atoms with van der Waals surface area (Å²) in [5.74, 6) is -0.282. The van der Waals surface area contributed by atoms with Gasteiger partial charge in [0.2, 0.25) is 0 Å². The van der Waals surface area contributed by atoms with E-state index in [1.54, 1.807) is 48.5 Å². The van der Waals surface area contributed by atoms with Gasteiger partial charge in [0, 0.05) is 17.2 Å². The van der Waals surface area contributed by atoms with Crippen molar-refractivity contribution in [3.8, 4) is 11.5 Å². The Hall–Kier alpha value is -2.75. The Bertz CT molecular complexity index is 712. The number of carbonyl (C=O) groups is 1. The second-order valence-corrected chi connectivity index (χ2v) is 6.20. The summed E-state index contributed by atoms with van der Waals surface area (Å²) in [6, 6.07) is 13.7. The Kier molecular flexibility index (Phi) is 5.29. The molecule has 0 aromatic heterocycles. The molecular weight excluding hydrogens is 304 g/mol. The third-order valence-corrected chi connectivity index (χ3v) is 3.91. The highest BCUT2D eigenvalue weighted by molar-refractivity contribution is 5.82. The van der Waals surface area contributed by atoms with Crippen molar-refractivity contribution < 1.29 is 19.7 Å². The lowest BCUT2D eigenvalue weighted by molar-refractivity contribution is -0.139. The monoisotopic (exact) mass is 326 g/mol. The van der Waals surface area contributed by atoms with Crippen LogP contribution in [0.2, 0.25) is 0 Å². The number of para-hydroxylation sites is 2. The Balaban J connectivity index is 2.47. The average molecular weight is 326 g/mol. The van der Waals surface area contributed by atoms with Crippen LogP contribution in [0.1, 0.15) is 31.9 Å². The molecule has 0 amide bonds. The number of allylic oxidation sites excluding steroid dienone is 1. The largest absolute Gasteiger partial charge is 0.508 e. The van der Waals surface area contributed by atoms with Gasteiger partial charge in [0.25, 0.3) is 0 Å². The summed E-state index contributed by atoms with van der Waals surface area (Å²) >= 11 is 0. The summed E-state index contributed by atoms with van der Waals surface area (Å²) in [5.41, 5.74) is 1.11. The molecule has 0 fully saturated rings. The summed E-state index contributed by atoms with van der Waals surface area (Å²) < 4.78 is 5.40. The number of ether oxygens (including phenoxy) is 1. The van der Waals surface area contributed by atoms with Gasteiger partial charge in [0.05, 0.1) is 5.41 Å². The van der Waals surface area contributed by atoms with Crippen molar-refractivity contribution in [3.05, 3.63) is 71.3 Å². The van der Waals surface area contributed by atoms with E-state index in [4.69, 9.17) is 4.74 Å². The molecule has 0 unspecified atom stereocenters. The molecule has 2 N–H and O–H groups in total. The third kappa shape index (κ3) is 3.77. The van der Waals surface area contributed by atoms with Gasteiger partial charge >= 0.3 is 5.97 Å². The second kappa shape index (κ2) is 7.21. The van der Waals surface area contributed by atoms with Crippen molar-refractivity contribution in [2.45, 2.75) is 26.2 Å². The molecule has 0 saturated carbocycles. The van der Waals surface area contributed by atoms with E-state index in [9.17, 15) is 15.0 Å². The lowest BCUT2D eigenvalue weighted by Gasteiger charge is -2.31. The van der Waals surface area contributed by atoms with E-state index in [2.05, 4.69) is 0 Å². The minimum atomic E-state index is -0.887. The van der Waals surface area contributed by atoms with Gasteiger partial charge in [-0.1, -0.05) is 42.0 Å². The molecular formula is C20H22O4. The quantitative estimate of drug-likeness (QED) is 0.646. The number of hydrogen-bond donors (Lipinski definition) is 2.